The quantitative estimate of drug-likeness (QED) is 0.845. The van der Waals surface area contributed by atoms with Crippen molar-refractivity contribution in [3.05, 3.63) is 35.4 Å². The van der Waals surface area contributed by atoms with Crippen molar-refractivity contribution < 1.29 is 5.11 Å². The largest absolute Gasteiger partial charge is 0.384 e. The van der Waals surface area contributed by atoms with Crippen molar-refractivity contribution in [3.8, 4) is 11.8 Å². The van der Waals surface area contributed by atoms with Crippen LogP contribution in [-0.2, 0) is 5.75 Å². The molecule has 1 aliphatic rings. The smallest absolute Gasteiger partial charge is 0.104 e. The lowest BCUT2D eigenvalue weighted by molar-refractivity contribution is 0.350. The van der Waals surface area contributed by atoms with E-state index in [1.165, 1.54) is 31.2 Å². The van der Waals surface area contributed by atoms with Crippen molar-refractivity contribution in [1.29, 1.82) is 0 Å². The number of aliphatic hydroxyl groups excluding tert-OH is 1. The van der Waals surface area contributed by atoms with Gasteiger partial charge in [0.2, 0.25) is 0 Å². The summed E-state index contributed by atoms with van der Waals surface area (Å²) in [5.41, 5.74) is 2.34. The van der Waals surface area contributed by atoms with Gasteiger partial charge in [-0.3, -0.25) is 0 Å². The van der Waals surface area contributed by atoms with Crippen molar-refractivity contribution in [1.82, 2.24) is 0 Å². The molecule has 0 aromatic heterocycles. The monoisotopic (exact) mass is 274 g/mol. The molecular weight excluding hydrogens is 252 g/mol. The molecule has 0 heterocycles. The van der Waals surface area contributed by atoms with Gasteiger partial charge >= 0.3 is 0 Å². The summed E-state index contributed by atoms with van der Waals surface area (Å²) in [5.74, 6) is 7.64. The van der Waals surface area contributed by atoms with Gasteiger partial charge in [0.15, 0.2) is 0 Å². The van der Waals surface area contributed by atoms with E-state index in [2.05, 4.69) is 48.7 Å². The maximum absolute atomic E-state index is 8.72. The van der Waals surface area contributed by atoms with Crippen LogP contribution in [0.3, 0.4) is 0 Å². The van der Waals surface area contributed by atoms with Gasteiger partial charge in [-0.15, -0.1) is 0 Å². The predicted molar refractivity (Wildman–Crippen MR) is 83.1 cm³/mol. The Morgan fingerprint density at radius 1 is 1.37 bits per heavy atom. The zero-order valence-corrected chi connectivity index (χ0v) is 12.4. The molecule has 0 spiro atoms. The highest BCUT2D eigenvalue weighted by molar-refractivity contribution is 7.99. The van der Waals surface area contributed by atoms with Gasteiger partial charge in [0.1, 0.15) is 6.61 Å². The van der Waals surface area contributed by atoms with Crippen LogP contribution in [0.25, 0.3) is 0 Å². The summed E-state index contributed by atoms with van der Waals surface area (Å²) in [6.45, 7) is 2.30. The number of thioether (sulfide) groups is 1. The first kappa shape index (κ1) is 14.5. The fourth-order valence-electron chi connectivity index (χ4n) is 2.62. The average molecular weight is 274 g/mol. The van der Waals surface area contributed by atoms with Crippen LogP contribution in [0.4, 0.5) is 0 Å². The lowest BCUT2D eigenvalue weighted by Gasteiger charge is -2.26. The van der Waals surface area contributed by atoms with Gasteiger partial charge in [0.25, 0.3) is 0 Å². The molecule has 0 bridgehead atoms. The molecule has 0 amide bonds. The Morgan fingerprint density at radius 2 is 2.26 bits per heavy atom. The minimum Gasteiger partial charge on any atom is -0.384 e. The third-order valence-corrected chi connectivity index (χ3v) is 5.01. The van der Waals surface area contributed by atoms with E-state index in [4.69, 9.17) is 5.11 Å². The standard InChI is InChI=1S/C17H22OS/c1-14-5-2-9-17(11-14)19-13-16-7-3-6-15(12-16)8-4-10-18/h3,6-7,12,14,17-18H,2,5,9-11,13H2,1H3. The Morgan fingerprint density at radius 3 is 3.05 bits per heavy atom. The van der Waals surface area contributed by atoms with Gasteiger partial charge in [0, 0.05) is 16.6 Å². The van der Waals surface area contributed by atoms with E-state index in [9.17, 15) is 0 Å². The van der Waals surface area contributed by atoms with Crippen LogP contribution >= 0.6 is 11.8 Å². The van der Waals surface area contributed by atoms with Crippen LogP contribution in [0.2, 0.25) is 0 Å². The van der Waals surface area contributed by atoms with Gasteiger partial charge in [-0.05, 0) is 36.5 Å². The summed E-state index contributed by atoms with van der Waals surface area (Å²) >= 11 is 2.09. The second-order valence-corrected chi connectivity index (χ2v) is 6.65. The minimum absolute atomic E-state index is 0.0705. The van der Waals surface area contributed by atoms with Crippen LogP contribution in [0.5, 0.6) is 0 Å². The second-order valence-electron chi connectivity index (χ2n) is 5.37. The summed E-state index contributed by atoms with van der Waals surface area (Å²) in [4.78, 5) is 0. The zero-order valence-electron chi connectivity index (χ0n) is 11.6. The highest BCUT2D eigenvalue weighted by Crippen LogP contribution is 2.33. The minimum atomic E-state index is -0.0705. The summed E-state index contributed by atoms with van der Waals surface area (Å²) in [7, 11) is 0. The van der Waals surface area contributed by atoms with E-state index in [0.29, 0.717) is 0 Å². The topological polar surface area (TPSA) is 20.2 Å². The molecule has 0 aliphatic heterocycles. The highest BCUT2D eigenvalue weighted by atomic mass is 32.2. The fourth-order valence-corrected chi connectivity index (χ4v) is 4.03. The van der Waals surface area contributed by atoms with Crippen LogP contribution in [0.1, 0.15) is 43.7 Å². The average Bonchev–Trinajstić information content (AvgIpc) is 2.43. The van der Waals surface area contributed by atoms with Crippen molar-refractivity contribution in [2.24, 2.45) is 5.92 Å². The van der Waals surface area contributed by atoms with Gasteiger partial charge in [0.05, 0.1) is 0 Å². The van der Waals surface area contributed by atoms with Gasteiger partial charge in [-0.2, -0.15) is 11.8 Å². The summed E-state index contributed by atoms with van der Waals surface area (Å²) in [5, 5.41) is 9.55. The Labute approximate surface area is 120 Å². The maximum atomic E-state index is 8.72. The van der Waals surface area contributed by atoms with Gasteiger partial charge in [-0.1, -0.05) is 43.7 Å². The first-order valence-electron chi connectivity index (χ1n) is 7.08. The molecule has 102 valence electrons. The van der Waals surface area contributed by atoms with E-state index < -0.39 is 0 Å². The lowest BCUT2D eigenvalue weighted by atomic mass is 9.91. The second kappa shape index (κ2) is 7.62. The lowest BCUT2D eigenvalue weighted by Crippen LogP contribution is -2.15. The number of hydrogen-bond donors (Lipinski definition) is 1. The third-order valence-electron chi connectivity index (χ3n) is 3.61. The van der Waals surface area contributed by atoms with E-state index >= 15 is 0 Å². The molecule has 1 aromatic rings. The molecule has 0 radical (unpaired) electrons. The predicted octanol–water partition coefficient (Wildman–Crippen LogP) is 3.84. The molecule has 1 fully saturated rings. The maximum Gasteiger partial charge on any atom is 0.104 e. The van der Waals surface area contributed by atoms with Crippen molar-refractivity contribution >= 4 is 11.8 Å². The molecule has 2 atom stereocenters. The SMILES string of the molecule is CC1CCCC(SCc2cccc(C#CCO)c2)C1. The van der Waals surface area contributed by atoms with E-state index in [-0.39, 0.29) is 6.61 Å². The van der Waals surface area contributed by atoms with Crippen molar-refractivity contribution in [3.63, 3.8) is 0 Å². The Bertz CT molecular complexity index is 458. The molecule has 1 saturated carbocycles. The summed E-state index contributed by atoms with van der Waals surface area (Å²) in [6.07, 6.45) is 5.54. The molecule has 19 heavy (non-hydrogen) atoms. The molecule has 1 aliphatic carbocycles. The van der Waals surface area contributed by atoms with Crippen molar-refractivity contribution in [2.45, 2.75) is 43.6 Å². The molecule has 0 saturated heterocycles. The van der Waals surface area contributed by atoms with Crippen molar-refractivity contribution in [2.75, 3.05) is 6.61 Å². The zero-order chi connectivity index (χ0) is 13.5. The van der Waals surface area contributed by atoms with Gasteiger partial charge < -0.3 is 5.11 Å². The van der Waals surface area contributed by atoms with Crippen LogP contribution in [0, 0.1) is 17.8 Å². The first-order chi connectivity index (χ1) is 9.28. The Kier molecular flexibility index (Phi) is 5.82. The van der Waals surface area contributed by atoms with Crippen LogP contribution in [-0.4, -0.2) is 17.0 Å². The molecular formula is C17H22OS. The number of benzene rings is 1. The highest BCUT2D eigenvalue weighted by Gasteiger charge is 2.18. The van der Waals surface area contributed by atoms with Gasteiger partial charge in [-0.25, -0.2) is 0 Å². The third kappa shape index (κ3) is 4.93. The summed E-state index contributed by atoms with van der Waals surface area (Å²) in [6, 6.07) is 8.37. The van der Waals surface area contributed by atoms with Crippen LogP contribution < -0.4 is 0 Å². The molecule has 2 unspecified atom stereocenters. The van der Waals surface area contributed by atoms with E-state index in [1.54, 1.807) is 0 Å². The molecule has 2 heteroatoms. The van der Waals surface area contributed by atoms with E-state index in [1.807, 2.05) is 6.07 Å². The fraction of sp³-hybridized carbons (Fsp3) is 0.529. The molecule has 1 nitrogen and oxygen atoms in total. The number of rotatable bonds is 3. The summed E-state index contributed by atoms with van der Waals surface area (Å²) < 4.78 is 0. The Hall–Kier alpha value is -0.910. The molecule has 1 N–H and O–H groups in total. The first-order valence-corrected chi connectivity index (χ1v) is 8.13. The van der Waals surface area contributed by atoms with Crippen LogP contribution in [0.15, 0.2) is 24.3 Å². The van der Waals surface area contributed by atoms with E-state index in [0.717, 1.165) is 22.5 Å². The molecule has 1 aromatic carbocycles. The number of aliphatic hydroxyl groups is 1. The Balaban J connectivity index is 1.88. The molecule has 2 rings (SSSR count). The number of hydrogen-bond acceptors (Lipinski definition) is 2. The normalized spacial score (nSPS) is 22.6.